The van der Waals surface area contributed by atoms with Crippen molar-refractivity contribution in [3.8, 4) is 17.4 Å². The summed E-state index contributed by atoms with van der Waals surface area (Å²) in [5.74, 6) is -0.377. The van der Waals surface area contributed by atoms with Crippen molar-refractivity contribution in [2.75, 3.05) is 0 Å². The van der Waals surface area contributed by atoms with Crippen LogP contribution in [0.1, 0.15) is 41.6 Å². The highest BCUT2D eigenvalue weighted by Gasteiger charge is 2.44. The van der Waals surface area contributed by atoms with Gasteiger partial charge in [-0.25, -0.2) is 0 Å². The molecule has 0 aliphatic carbocycles. The van der Waals surface area contributed by atoms with Crippen LogP contribution in [0.4, 0.5) is 13.2 Å². The molecule has 2 aliphatic rings. The number of hydrogen-bond donors (Lipinski definition) is 3. The van der Waals surface area contributed by atoms with Gasteiger partial charge in [0, 0.05) is 23.2 Å². The zero-order chi connectivity index (χ0) is 15.6. The van der Waals surface area contributed by atoms with Gasteiger partial charge in [0.2, 0.25) is 11.8 Å². The van der Waals surface area contributed by atoms with Crippen molar-refractivity contribution >= 4 is 0 Å². The number of nitrogens with zero attached hydrogens (tertiary/aromatic N) is 1. The molecular weight excluding hydrogens is 297 g/mol. The van der Waals surface area contributed by atoms with Crippen molar-refractivity contribution in [1.82, 2.24) is 9.88 Å². The van der Waals surface area contributed by atoms with E-state index in [0.717, 1.165) is 29.5 Å². The molecule has 4 nitrogen and oxygen atoms in total. The third-order valence-electron chi connectivity index (χ3n) is 4.47. The lowest BCUT2D eigenvalue weighted by molar-refractivity contribution is -0.137. The number of fused-ring (bicyclic) bond motifs is 5. The first-order chi connectivity index (χ1) is 10.4. The largest absolute Gasteiger partial charge is 0.494 e. The molecule has 116 valence electrons. The average molecular weight is 310 g/mol. The fraction of sp³-hybridized carbons (Fsp3) is 0.333. The molecule has 0 spiro atoms. The SMILES string of the molecule is Oc1c2c(c(O)n1-c1cccc(C(F)(F)F)c1)[C@H]1CC[C@@H]2N1. The van der Waals surface area contributed by atoms with Crippen molar-refractivity contribution in [2.24, 2.45) is 0 Å². The molecule has 2 bridgehead atoms. The molecule has 3 heterocycles. The topological polar surface area (TPSA) is 57.4 Å². The molecule has 2 aromatic rings. The van der Waals surface area contributed by atoms with Crippen molar-refractivity contribution in [2.45, 2.75) is 31.1 Å². The van der Waals surface area contributed by atoms with E-state index in [0.29, 0.717) is 11.1 Å². The quantitative estimate of drug-likeness (QED) is 0.757. The summed E-state index contributed by atoms with van der Waals surface area (Å²) in [4.78, 5) is 0. The van der Waals surface area contributed by atoms with Gasteiger partial charge in [0.25, 0.3) is 0 Å². The molecule has 7 heteroatoms. The lowest BCUT2D eigenvalue weighted by atomic mass is 9.95. The standard InChI is InChI=1S/C15H13F3N2O2/c16-15(17,18)7-2-1-3-8(6-7)20-13(21)11-9-4-5-10(19-9)12(11)14(20)22/h1-3,6,9-10,19,21-22H,4-5H2/t9-,10+. The second kappa shape index (κ2) is 4.19. The summed E-state index contributed by atoms with van der Waals surface area (Å²) in [5, 5.41) is 24.0. The van der Waals surface area contributed by atoms with Crippen LogP contribution < -0.4 is 5.32 Å². The van der Waals surface area contributed by atoms with E-state index in [1.165, 1.54) is 12.1 Å². The Labute approximate surface area is 123 Å². The van der Waals surface area contributed by atoms with E-state index in [-0.39, 0.29) is 29.5 Å². The molecule has 1 aromatic heterocycles. The maximum Gasteiger partial charge on any atom is 0.416 e. The third kappa shape index (κ3) is 1.68. The molecule has 0 radical (unpaired) electrons. The number of alkyl halides is 3. The maximum absolute atomic E-state index is 12.8. The molecule has 1 aromatic carbocycles. The molecule has 0 saturated carbocycles. The molecule has 22 heavy (non-hydrogen) atoms. The zero-order valence-corrected chi connectivity index (χ0v) is 11.4. The number of rotatable bonds is 1. The highest BCUT2D eigenvalue weighted by atomic mass is 19.4. The minimum atomic E-state index is -4.47. The van der Waals surface area contributed by atoms with E-state index in [9.17, 15) is 23.4 Å². The molecule has 4 rings (SSSR count). The van der Waals surface area contributed by atoms with Crippen LogP contribution in [-0.2, 0) is 6.18 Å². The lowest BCUT2D eigenvalue weighted by Crippen LogP contribution is -2.09. The van der Waals surface area contributed by atoms with Gasteiger partial charge in [0.1, 0.15) is 0 Å². The second-order valence-corrected chi connectivity index (χ2v) is 5.71. The van der Waals surface area contributed by atoms with Crippen LogP contribution >= 0.6 is 0 Å². The van der Waals surface area contributed by atoms with Gasteiger partial charge in [-0.1, -0.05) is 6.07 Å². The van der Waals surface area contributed by atoms with Crippen LogP contribution in [0.5, 0.6) is 11.8 Å². The molecular formula is C15H13F3N2O2. The van der Waals surface area contributed by atoms with Gasteiger partial charge >= 0.3 is 6.18 Å². The van der Waals surface area contributed by atoms with Gasteiger partial charge in [-0.05, 0) is 31.0 Å². The Hall–Kier alpha value is -2.15. The summed E-state index contributed by atoms with van der Waals surface area (Å²) < 4.78 is 39.6. The van der Waals surface area contributed by atoms with Crippen LogP contribution in [0.25, 0.3) is 5.69 Å². The van der Waals surface area contributed by atoms with E-state index >= 15 is 0 Å². The first-order valence-electron chi connectivity index (χ1n) is 6.98. The Balaban J connectivity index is 1.89. The van der Waals surface area contributed by atoms with Gasteiger partial charge in [-0.3, -0.25) is 4.57 Å². The fourth-order valence-corrected chi connectivity index (χ4v) is 3.53. The van der Waals surface area contributed by atoms with Crippen LogP contribution in [0.15, 0.2) is 24.3 Å². The second-order valence-electron chi connectivity index (χ2n) is 5.71. The smallest absolute Gasteiger partial charge is 0.416 e. The van der Waals surface area contributed by atoms with Crippen molar-refractivity contribution in [3.63, 3.8) is 0 Å². The maximum atomic E-state index is 12.8. The van der Waals surface area contributed by atoms with Crippen molar-refractivity contribution < 1.29 is 23.4 Å². The monoisotopic (exact) mass is 310 g/mol. The predicted molar refractivity (Wildman–Crippen MR) is 72.0 cm³/mol. The van der Waals surface area contributed by atoms with Crippen LogP contribution in [0, 0.1) is 0 Å². The Morgan fingerprint density at radius 2 is 1.64 bits per heavy atom. The van der Waals surface area contributed by atoms with Crippen molar-refractivity contribution in [3.05, 3.63) is 41.0 Å². The Kier molecular flexibility index (Phi) is 2.57. The summed E-state index contributed by atoms with van der Waals surface area (Å²) in [6, 6.07) is 4.48. The van der Waals surface area contributed by atoms with E-state index in [1.807, 2.05) is 0 Å². The number of benzene rings is 1. The molecule has 3 N–H and O–H groups in total. The number of hydrogen-bond acceptors (Lipinski definition) is 3. The number of aromatic hydroxyl groups is 2. The minimum Gasteiger partial charge on any atom is -0.494 e. The van der Waals surface area contributed by atoms with Gasteiger partial charge in [-0.2, -0.15) is 13.2 Å². The van der Waals surface area contributed by atoms with E-state index in [1.54, 1.807) is 0 Å². The van der Waals surface area contributed by atoms with E-state index < -0.39 is 11.7 Å². The highest BCUT2D eigenvalue weighted by Crippen LogP contribution is 2.54. The molecule has 2 atom stereocenters. The fourth-order valence-electron chi connectivity index (χ4n) is 3.53. The first kappa shape index (κ1) is 13.5. The predicted octanol–water partition coefficient (Wildman–Crippen LogP) is 3.39. The van der Waals surface area contributed by atoms with Crippen LogP contribution in [-0.4, -0.2) is 14.8 Å². The lowest BCUT2D eigenvalue weighted by Gasteiger charge is -2.13. The summed E-state index contributed by atoms with van der Waals surface area (Å²) >= 11 is 0. The van der Waals surface area contributed by atoms with Gasteiger partial charge in [0.15, 0.2) is 0 Å². The normalized spacial score (nSPS) is 23.0. The average Bonchev–Trinajstić information content (AvgIpc) is 3.12. The van der Waals surface area contributed by atoms with Crippen molar-refractivity contribution in [1.29, 1.82) is 0 Å². The number of nitrogens with one attached hydrogen (secondary N) is 1. The summed E-state index contributed by atoms with van der Waals surface area (Å²) in [5.41, 5.74) is 0.481. The molecule has 1 saturated heterocycles. The Morgan fingerprint density at radius 3 is 2.18 bits per heavy atom. The summed E-state index contributed by atoms with van der Waals surface area (Å²) in [7, 11) is 0. The van der Waals surface area contributed by atoms with Gasteiger partial charge in [-0.15, -0.1) is 0 Å². The van der Waals surface area contributed by atoms with Crippen LogP contribution in [0.2, 0.25) is 0 Å². The number of halogens is 3. The molecule has 0 amide bonds. The minimum absolute atomic E-state index is 0.0436. The molecule has 1 fully saturated rings. The Bertz CT molecular complexity index is 733. The summed E-state index contributed by atoms with van der Waals surface area (Å²) in [6.07, 6.45) is -2.79. The highest BCUT2D eigenvalue weighted by molar-refractivity contribution is 5.58. The molecule has 0 unspecified atom stereocenters. The first-order valence-corrected chi connectivity index (χ1v) is 6.98. The van der Waals surface area contributed by atoms with Gasteiger partial charge in [0.05, 0.1) is 11.3 Å². The Morgan fingerprint density at radius 1 is 1.05 bits per heavy atom. The summed E-state index contributed by atoms with van der Waals surface area (Å²) in [6.45, 7) is 0. The number of aromatic nitrogens is 1. The molecule has 2 aliphatic heterocycles. The van der Waals surface area contributed by atoms with E-state index in [4.69, 9.17) is 0 Å². The third-order valence-corrected chi connectivity index (χ3v) is 4.47. The van der Waals surface area contributed by atoms with Crippen LogP contribution in [0.3, 0.4) is 0 Å². The van der Waals surface area contributed by atoms with Gasteiger partial charge < -0.3 is 15.5 Å². The zero-order valence-electron chi connectivity index (χ0n) is 11.4. The van der Waals surface area contributed by atoms with E-state index in [2.05, 4.69) is 5.32 Å².